The molecule has 1 unspecified atom stereocenters. The van der Waals surface area contributed by atoms with Gasteiger partial charge in [0.1, 0.15) is 0 Å². The number of carbonyl (C=O) groups is 1. The van der Waals surface area contributed by atoms with Crippen molar-refractivity contribution in [2.24, 2.45) is 11.5 Å². The third kappa shape index (κ3) is 4.37. The van der Waals surface area contributed by atoms with E-state index >= 15 is 0 Å². The third-order valence-electron chi connectivity index (χ3n) is 2.63. The summed E-state index contributed by atoms with van der Waals surface area (Å²) in [7, 11) is 0. The lowest BCUT2D eigenvalue weighted by atomic mass is 10.0. The van der Waals surface area contributed by atoms with Gasteiger partial charge in [-0.05, 0) is 37.0 Å². The first-order valence-electron chi connectivity index (χ1n) is 5.51. The van der Waals surface area contributed by atoms with Gasteiger partial charge in [-0.1, -0.05) is 12.1 Å². The molecule has 0 radical (unpaired) electrons. The van der Waals surface area contributed by atoms with Crippen molar-refractivity contribution in [3.05, 3.63) is 35.4 Å². The topological polar surface area (TPSA) is 69.1 Å². The van der Waals surface area contributed by atoms with E-state index in [1.807, 2.05) is 0 Å². The lowest BCUT2D eigenvalue weighted by molar-refractivity contribution is -0.137. The molecule has 0 heterocycles. The molecule has 0 aliphatic rings. The molecule has 3 nitrogen and oxygen atoms in total. The zero-order chi connectivity index (χ0) is 13.8. The Bertz CT molecular complexity index is 401. The summed E-state index contributed by atoms with van der Waals surface area (Å²) >= 11 is 0. The lowest BCUT2D eigenvalue weighted by Crippen LogP contribution is -2.36. The van der Waals surface area contributed by atoms with Crippen molar-refractivity contribution in [2.75, 3.05) is 0 Å². The second kappa shape index (κ2) is 5.86. The molecule has 0 fully saturated rings. The maximum absolute atomic E-state index is 12.3. The molecule has 0 bridgehead atoms. The predicted octanol–water partition coefficient (Wildman–Crippen LogP) is 1.84. The molecule has 1 aromatic carbocycles. The predicted molar refractivity (Wildman–Crippen MR) is 61.6 cm³/mol. The molecule has 0 aromatic heterocycles. The summed E-state index contributed by atoms with van der Waals surface area (Å²) in [5.41, 5.74) is 10.5. The van der Waals surface area contributed by atoms with Crippen LogP contribution in [0.1, 0.15) is 24.0 Å². The monoisotopic (exact) mass is 260 g/mol. The van der Waals surface area contributed by atoms with Crippen molar-refractivity contribution < 1.29 is 18.0 Å². The number of amides is 1. The highest BCUT2D eigenvalue weighted by Gasteiger charge is 2.29. The van der Waals surface area contributed by atoms with E-state index in [1.54, 1.807) is 0 Å². The summed E-state index contributed by atoms with van der Waals surface area (Å²) in [6, 6.07) is 4.25. The number of nitrogens with two attached hydrogens (primary N) is 2. The molecule has 0 aliphatic carbocycles. The van der Waals surface area contributed by atoms with Gasteiger partial charge in [0.2, 0.25) is 5.91 Å². The molecule has 0 saturated carbocycles. The molecule has 1 amide bonds. The van der Waals surface area contributed by atoms with Crippen LogP contribution in [0.2, 0.25) is 0 Å². The first-order chi connectivity index (χ1) is 8.30. The minimum Gasteiger partial charge on any atom is -0.368 e. The quantitative estimate of drug-likeness (QED) is 0.848. The normalized spacial score (nSPS) is 13.3. The maximum Gasteiger partial charge on any atom is 0.416 e. The van der Waals surface area contributed by atoms with Crippen LogP contribution in [0.3, 0.4) is 0 Å². The average Bonchev–Trinajstić information content (AvgIpc) is 2.28. The van der Waals surface area contributed by atoms with Crippen LogP contribution in [0.4, 0.5) is 13.2 Å². The Hall–Kier alpha value is -1.56. The van der Waals surface area contributed by atoms with Crippen molar-refractivity contribution in [1.29, 1.82) is 0 Å². The molecule has 0 aliphatic heterocycles. The molecular formula is C12H15F3N2O. The van der Waals surface area contributed by atoms with Crippen LogP contribution >= 0.6 is 0 Å². The van der Waals surface area contributed by atoms with Gasteiger partial charge in [-0.2, -0.15) is 13.2 Å². The molecule has 0 spiro atoms. The van der Waals surface area contributed by atoms with Crippen LogP contribution in [0, 0.1) is 0 Å². The fraction of sp³-hybridized carbons (Fsp3) is 0.417. The average molecular weight is 260 g/mol. The van der Waals surface area contributed by atoms with E-state index in [0.717, 1.165) is 17.7 Å². The molecular weight excluding hydrogens is 245 g/mol. The molecule has 18 heavy (non-hydrogen) atoms. The van der Waals surface area contributed by atoms with Crippen molar-refractivity contribution in [3.8, 4) is 0 Å². The van der Waals surface area contributed by atoms with E-state index in [0.29, 0.717) is 19.3 Å². The number of carbonyl (C=O) groups excluding carboxylic acids is 1. The highest BCUT2D eigenvalue weighted by atomic mass is 19.4. The molecule has 1 atom stereocenters. The highest BCUT2D eigenvalue weighted by Crippen LogP contribution is 2.29. The Morgan fingerprint density at radius 1 is 1.22 bits per heavy atom. The van der Waals surface area contributed by atoms with Gasteiger partial charge >= 0.3 is 6.18 Å². The van der Waals surface area contributed by atoms with E-state index in [4.69, 9.17) is 11.5 Å². The minimum absolute atomic E-state index is 0.427. The number of hydrogen-bond acceptors (Lipinski definition) is 2. The largest absolute Gasteiger partial charge is 0.416 e. The van der Waals surface area contributed by atoms with E-state index in [1.165, 1.54) is 12.1 Å². The number of benzene rings is 1. The summed E-state index contributed by atoms with van der Waals surface area (Å²) in [6.07, 6.45) is -2.71. The van der Waals surface area contributed by atoms with Crippen LogP contribution in [-0.2, 0) is 17.4 Å². The molecule has 4 N–H and O–H groups in total. The van der Waals surface area contributed by atoms with Crippen LogP contribution < -0.4 is 11.5 Å². The number of hydrogen-bond donors (Lipinski definition) is 2. The fourth-order valence-electron chi connectivity index (χ4n) is 1.53. The summed E-state index contributed by atoms with van der Waals surface area (Å²) < 4.78 is 36.9. The number of halogens is 3. The van der Waals surface area contributed by atoms with Crippen molar-refractivity contribution in [2.45, 2.75) is 31.5 Å². The van der Waals surface area contributed by atoms with Gasteiger partial charge in [0.15, 0.2) is 0 Å². The van der Waals surface area contributed by atoms with Gasteiger partial charge in [0, 0.05) is 0 Å². The Balaban J connectivity index is 2.47. The molecule has 100 valence electrons. The van der Waals surface area contributed by atoms with Gasteiger partial charge in [-0.25, -0.2) is 0 Å². The summed E-state index contributed by atoms with van der Waals surface area (Å²) in [5.74, 6) is -0.567. The summed E-state index contributed by atoms with van der Waals surface area (Å²) in [6.45, 7) is 0. The van der Waals surface area contributed by atoms with E-state index < -0.39 is 23.7 Å². The Labute approximate surface area is 103 Å². The Kier molecular flexibility index (Phi) is 4.72. The van der Waals surface area contributed by atoms with E-state index in [9.17, 15) is 18.0 Å². The van der Waals surface area contributed by atoms with E-state index in [2.05, 4.69) is 0 Å². The van der Waals surface area contributed by atoms with Crippen molar-refractivity contribution in [3.63, 3.8) is 0 Å². The van der Waals surface area contributed by atoms with Crippen molar-refractivity contribution in [1.82, 2.24) is 0 Å². The number of aryl methyl sites for hydroxylation is 1. The van der Waals surface area contributed by atoms with Gasteiger partial charge < -0.3 is 11.5 Å². The first kappa shape index (κ1) is 14.5. The second-order valence-electron chi connectivity index (χ2n) is 4.10. The summed E-state index contributed by atoms with van der Waals surface area (Å²) in [5, 5.41) is 0. The fourth-order valence-corrected chi connectivity index (χ4v) is 1.53. The standard InChI is InChI=1S/C12H15F3N2O/c13-12(14,15)9-6-4-8(5-7-9)2-1-3-10(16)11(17)18/h4-7,10H,1-3,16H2,(H2,17,18). The molecule has 1 aromatic rings. The van der Waals surface area contributed by atoms with Crippen molar-refractivity contribution >= 4 is 5.91 Å². The number of primary amides is 1. The van der Waals surface area contributed by atoms with Gasteiger partial charge in [0.05, 0.1) is 11.6 Å². The van der Waals surface area contributed by atoms with Gasteiger partial charge in [-0.3, -0.25) is 4.79 Å². The molecule has 6 heteroatoms. The smallest absolute Gasteiger partial charge is 0.368 e. The van der Waals surface area contributed by atoms with Crippen LogP contribution in [0.15, 0.2) is 24.3 Å². The zero-order valence-electron chi connectivity index (χ0n) is 9.70. The number of alkyl halides is 3. The maximum atomic E-state index is 12.3. The van der Waals surface area contributed by atoms with Gasteiger partial charge in [0.25, 0.3) is 0 Å². The van der Waals surface area contributed by atoms with Gasteiger partial charge in [-0.15, -0.1) is 0 Å². The van der Waals surface area contributed by atoms with Crippen LogP contribution in [-0.4, -0.2) is 11.9 Å². The number of rotatable bonds is 5. The SMILES string of the molecule is NC(=O)C(N)CCCc1ccc(C(F)(F)F)cc1. The first-order valence-corrected chi connectivity index (χ1v) is 5.51. The van der Waals surface area contributed by atoms with E-state index in [-0.39, 0.29) is 0 Å². The van der Waals surface area contributed by atoms with Crippen LogP contribution in [0.5, 0.6) is 0 Å². The third-order valence-corrected chi connectivity index (χ3v) is 2.63. The minimum atomic E-state index is -4.31. The highest BCUT2D eigenvalue weighted by molar-refractivity contribution is 5.79. The second-order valence-corrected chi connectivity index (χ2v) is 4.10. The molecule has 1 rings (SSSR count). The Morgan fingerprint density at radius 2 is 1.78 bits per heavy atom. The Morgan fingerprint density at radius 3 is 2.22 bits per heavy atom. The summed E-state index contributed by atoms with van der Waals surface area (Å²) in [4.78, 5) is 10.7. The lowest BCUT2D eigenvalue weighted by Gasteiger charge is -2.09. The van der Waals surface area contributed by atoms with Crippen LogP contribution in [0.25, 0.3) is 0 Å². The molecule has 0 saturated heterocycles. The zero-order valence-corrected chi connectivity index (χ0v) is 9.70.